The van der Waals surface area contributed by atoms with E-state index < -0.39 is 0 Å². The van der Waals surface area contributed by atoms with E-state index in [4.69, 9.17) is 5.73 Å². The van der Waals surface area contributed by atoms with Crippen molar-refractivity contribution < 1.29 is 4.79 Å². The quantitative estimate of drug-likeness (QED) is 0.694. The van der Waals surface area contributed by atoms with Crippen molar-refractivity contribution in [1.82, 2.24) is 19.6 Å². The van der Waals surface area contributed by atoms with E-state index in [-0.39, 0.29) is 11.7 Å². The van der Waals surface area contributed by atoms with Gasteiger partial charge in [-0.2, -0.15) is 14.6 Å². The minimum absolute atomic E-state index is 0.131. The summed E-state index contributed by atoms with van der Waals surface area (Å²) in [5.74, 6) is 0.593. The number of aromatic nitrogens is 4. The van der Waals surface area contributed by atoms with E-state index in [1.165, 1.54) is 10.7 Å². The van der Waals surface area contributed by atoms with Crippen LogP contribution in [-0.4, -0.2) is 25.4 Å². The molecule has 0 unspecified atom stereocenters. The van der Waals surface area contributed by atoms with E-state index in [0.717, 1.165) is 0 Å². The highest BCUT2D eigenvalue weighted by Gasteiger charge is 2.17. The van der Waals surface area contributed by atoms with Crippen molar-refractivity contribution in [3.8, 4) is 0 Å². The Morgan fingerprint density at radius 3 is 2.68 bits per heavy atom. The number of rotatable bonds is 2. The lowest BCUT2D eigenvalue weighted by Crippen LogP contribution is -2.07. The van der Waals surface area contributed by atoms with Crippen LogP contribution in [0.3, 0.4) is 0 Å². The fraction of sp³-hybridized carbons (Fsp3) is 0.0769. The fourth-order valence-corrected chi connectivity index (χ4v) is 1.91. The van der Waals surface area contributed by atoms with Gasteiger partial charge in [-0.05, 0) is 6.92 Å². The molecule has 0 fully saturated rings. The molecule has 1 aromatic carbocycles. The van der Waals surface area contributed by atoms with Gasteiger partial charge in [0.15, 0.2) is 11.4 Å². The molecule has 0 atom stereocenters. The molecule has 0 aliphatic heterocycles. The summed E-state index contributed by atoms with van der Waals surface area (Å²) in [6, 6.07) is 8.99. The van der Waals surface area contributed by atoms with E-state index in [9.17, 15) is 4.79 Å². The van der Waals surface area contributed by atoms with Crippen molar-refractivity contribution >= 4 is 17.4 Å². The maximum atomic E-state index is 12.4. The Balaban J connectivity index is 2.19. The SMILES string of the molecule is Cc1nc(N)n2ncc(C(=O)c3ccccc3)c2n1. The molecule has 2 N–H and O–H groups in total. The van der Waals surface area contributed by atoms with Gasteiger partial charge in [0.25, 0.3) is 0 Å². The molecule has 0 aliphatic carbocycles. The lowest BCUT2D eigenvalue weighted by atomic mass is 10.1. The third-order valence-electron chi connectivity index (χ3n) is 2.79. The van der Waals surface area contributed by atoms with Gasteiger partial charge in [0.05, 0.1) is 11.8 Å². The zero-order valence-corrected chi connectivity index (χ0v) is 10.2. The van der Waals surface area contributed by atoms with Crippen molar-refractivity contribution in [2.75, 3.05) is 5.73 Å². The van der Waals surface area contributed by atoms with Crippen LogP contribution in [0.4, 0.5) is 5.95 Å². The van der Waals surface area contributed by atoms with Crippen LogP contribution in [-0.2, 0) is 0 Å². The van der Waals surface area contributed by atoms with E-state index >= 15 is 0 Å². The topological polar surface area (TPSA) is 86.2 Å². The lowest BCUT2D eigenvalue weighted by Gasteiger charge is -2.01. The Morgan fingerprint density at radius 1 is 1.21 bits per heavy atom. The number of hydrogen-bond acceptors (Lipinski definition) is 5. The minimum Gasteiger partial charge on any atom is -0.368 e. The third kappa shape index (κ3) is 1.83. The van der Waals surface area contributed by atoms with Crippen LogP contribution in [0.25, 0.3) is 5.65 Å². The first-order valence-corrected chi connectivity index (χ1v) is 5.74. The summed E-state index contributed by atoms with van der Waals surface area (Å²) in [4.78, 5) is 20.6. The molecule has 19 heavy (non-hydrogen) atoms. The van der Waals surface area contributed by atoms with Crippen molar-refractivity contribution in [3.05, 3.63) is 53.5 Å². The molecule has 0 spiro atoms. The summed E-state index contributed by atoms with van der Waals surface area (Å²) < 4.78 is 1.36. The van der Waals surface area contributed by atoms with Crippen LogP contribution in [0, 0.1) is 6.92 Å². The van der Waals surface area contributed by atoms with Crippen molar-refractivity contribution in [3.63, 3.8) is 0 Å². The summed E-state index contributed by atoms with van der Waals surface area (Å²) in [6.07, 6.45) is 1.47. The average Bonchev–Trinajstić information content (AvgIpc) is 2.83. The Hall–Kier alpha value is -2.76. The molecule has 0 radical (unpaired) electrons. The molecule has 0 aliphatic rings. The summed E-state index contributed by atoms with van der Waals surface area (Å²) in [6.45, 7) is 1.72. The highest BCUT2D eigenvalue weighted by Crippen LogP contribution is 2.15. The molecule has 0 amide bonds. The number of hydrogen-bond donors (Lipinski definition) is 1. The predicted octanol–water partition coefficient (Wildman–Crippen LogP) is 1.25. The first-order chi connectivity index (χ1) is 9.16. The van der Waals surface area contributed by atoms with Gasteiger partial charge >= 0.3 is 0 Å². The number of aryl methyl sites for hydroxylation is 1. The first-order valence-electron chi connectivity index (χ1n) is 5.74. The highest BCUT2D eigenvalue weighted by atomic mass is 16.1. The standard InChI is InChI=1S/C13H11N5O/c1-8-16-12-10(7-15-18(12)13(14)17-8)11(19)9-5-3-2-4-6-9/h2-7H,1H3,(H2,14,16,17). The van der Waals surface area contributed by atoms with Crippen molar-refractivity contribution in [1.29, 1.82) is 0 Å². The van der Waals surface area contributed by atoms with Gasteiger partial charge < -0.3 is 5.73 Å². The monoisotopic (exact) mass is 253 g/mol. The van der Waals surface area contributed by atoms with Gasteiger partial charge in [0, 0.05) is 5.56 Å². The summed E-state index contributed by atoms with van der Waals surface area (Å²) in [7, 11) is 0. The second kappa shape index (κ2) is 4.16. The number of benzene rings is 1. The number of fused-ring (bicyclic) bond motifs is 1. The fourth-order valence-electron chi connectivity index (χ4n) is 1.91. The number of carbonyl (C=O) groups is 1. The van der Waals surface area contributed by atoms with Gasteiger partial charge in [-0.3, -0.25) is 4.79 Å². The largest absolute Gasteiger partial charge is 0.368 e. The number of carbonyl (C=O) groups excluding carboxylic acids is 1. The van der Waals surface area contributed by atoms with Gasteiger partial charge in [0.2, 0.25) is 5.95 Å². The van der Waals surface area contributed by atoms with E-state index in [0.29, 0.717) is 22.6 Å². The van der Waals surface area contributed by atoms with E-state index in [2.05, 4.69) is 15.1 Å². The second-order valence-electron chi connectivity index (χ2n) is 4.12. The Bertz CT molecular complexity index is 763. The molecule has 2 aromatic heterocycles. The number of anilines is 1. The molecule has 3 aromatic rings. The molecule has 2 heterocycles. The van der Waals surface area contributed by atoms with Gasteiger partial charge in [-0.15, -0.1) is 0 Å². The lowest BCUT2D eigenvalue weighted by molar-refractivity contribution is 0.104. The number of ketones is 1. The third-order valence-corrected chi connectivity index (χ3v) is 2.79. The molecule has 94 valence electrons. The zero-order valence-electron chi connectivity index (χ0n) is 10.2. The maximum absolute atomic E-state index is 12.4. The Labute approximate surface area is 108 Å². The molecule has 0 saturated heterocycles. The van der Waals surface area contributed by atoms with Crippen LogP contribution < -0.4 is 5.73 Å². The zero-order chi connectivity index (χ0) is 13.4. The first kappa shape index (κ1) is 11.3. The van der Waals surface area contributed by atoms with Crippen molar-refractivity contribution in [2.45, 2.75) is 6.92 Å². The highest BCUT2D eigenvalue weighted by molar-refractivity contribution is 6.12. The average molecular weight is 253 g/mol. The molecule has 0 bridgehead atoms. The molecule has 0 saturated carbocycles. The maximum Gasteiger partial charge on any atom is 0.224 e. The molecule has 6 heteroatoms. The molecular formula is C13H11N5O. The van der Waals surface area contributed by atoms with Crippen LogP contribution in [0.5, 0.6) is 0 Å². The minimum atomic E-state index is -0.131. The smallest absolute Gasteiger partial charge is 0.224 e. The van der Waals surface area contributed by atoms with Gasteiger partial charge in [-0.1, -0.05) is 30.3 Å². The van der Waals surface area contributed by atoms with Crippen molar-refractivity contribution in [2.24, 2.45) is 0 Å². The van der Waals surface area contributed by atoms with Crippen LogP contribution in [0.15, 0.2) is 36.5 Å². The Kier molecular flexibility index (Phi) is 2.49. The summed E-state index contributed by atoms with van der Waals surface area (Å²) >= 11 is 0. The number of nitrogen functional groups attached to an aromatic ring is 1. The van der Waals surface area contributed by atoms with E-state index in [1.54, 1.807) is 19.1 Å². The molecular weight excluding hydrogens is 242 g/mol. The predicted molar refractivity (Wildman–Crippen MR) is 69.8 cm³/mol. The van der Waals surface area contributed by atoms with E-state index in [1.807, 2.05) is 18.2 Å². The van der Waals surface area contributed by atoms with Gasteiger partial charge in [-0.25, -0.2) is 4.98 Å². The second-order valence-corrected chi connectivity index (χ2v) is 4.12. The van der Waals surface area contributed by atoms with Crippen LogP contribution in [0.1, 0.15) is 21.7 Å². The summed E-state index contributed by atoms with van der Waals surface area (Å²) in [5.41, 5.74) is 7.19. The number of nitrogens with zero attached hydrogens (tertiary/aromatic N) is 4. The molecule has 3 rings (SSSR count). The normalized spacial score (nSPS) is 10.8. The van der Waals surface area contributed by atoms with Gasteiger partial charge in [0.1, 0.15) is 5.82 Å². The number of nitrogens with two attached hydrogens (primary N) is 1. The molecule has 6 nitrogen and oxygen atoms in total. The Morgan fingerprint density at radius 2 is 1.95 bits per heavy atom. The van der Waals surface area contributed by atoms with Crippen LogP contribution >= 0.6 is 0 Å². The summed E-state index contributed by atoms with van der Waals surface area (Å²) in [5, 5.41) is 4.05. The van der Waals surface area contributed by atoms with Crippen LogP contribution in [0.2, 0.25) is 0 Å².